The van der Waals surface area contributed by atoms with Gasteiger partial charge >= 0.3 is 0 Å². The van der Waals surface area contributed by atoms with Gasteiger partial charge in [0.25, 0.3) is 0 Å². The van der Waals surface area contributed by atoms with Crippen LogP contribution in [0.3, 0.4) is 0 Å². The minimum Gasteiger partial charge on any atom is -0.497 e. The molecule has 1 aromatic carbocycles. The van der Waals surface area contributed by atoms with Crippen molar-refractivity contribution in [1.82, 2.24) is 10.3 Å². The SMILES string of the molecule is COc1cc(OC)cc(N2CCC(NC(C)c3ccccn3)CC2)c1. The van der Waals surface area contributed by atoms with E-state index in [-0.39, 0.29) is 6.04 Å². The van der Waals surface area contributed by atoms with Gasteiger partial charge in [0.05, 0.1) is 19.9 Å². The van der Waals surface area contributed by atoms with Crippen molar-refractivity contribution in [3.8, 4) is 11.5 Å². The predicted molar refractivity (Wildman–Crippen MR) is 101 cm³/mol. The number of aromatic nitrogens is 1. The third kappa shape index (κ3) is 4.42. The lowest BCUT2D eigenvalue weighted by molar-refractivity contribution is 0.375. The summed E-state index contributed by atoms with van der Waals surface area (Å²) < 4.78 is 10.8. The number of pyridine rings is 1. The standard InChI is InChI=1S/C20H27N3O2/c1-15(20-6-4-5-9-21-20)22-16-7-10-23(11-8-16)17-12-18(24-2)14-19(13-17)25-3/h4-6,9,12-16,22H,7-8,10-11H2,1-3H3. The normalized spacial score (nSPS) is 16.5. The van der Waals surface area contributed by atoms with Crippen molar-refractivity contribution in [2.75, 3.05) is 32.2 Å². The summed E-state index contributed by atoms with van der Waals surface area (Å²) >= 11 is 0. The highest BCUT2D eigenvalue weighted by molar-refractivity contribution is 5.56. The molecule has 3 rings (SSSR count). The Labute approximate surface area is 150 Å². The maximum Gasteiger partial charge on any atom is 0.124 e. The summed E-state index contributed by atoms with van der Waals surface area (Å²) in [5.41, 5.74) is 2.26. The largest absolute Gasteiger partial charge is 0.497 e. The molecule has 5 heteroatoms. The van der Waals surface area contributed by atoms with E-state index < -0.39 is 0 Å². The van der Waals surface area contributed by atoms with E-state index >= 15 is 0 Å². The first-order valence-electron chi connectivity index (χ1n) is 8.84. The first-order valence-corrected chi connectivity index (χ1v) is 8.84. The van der Waals surface area contributed by atoms with Gasteiger partial charge in [0.1, 0.15) is 11.5 Å². The van der Waals surface area contributed by atoms with Gasteiger partial charge in [0, 0.05) is 55.3 Å². The summed E-state index contributed by atoms with van der Waals surface area (Å²) in [6.45, 7) is 4.22. The van der Waals surface area contributed by atoms with Gasteiger partial charge in [-0.15, -0.1) is 0 Å². The zero-order chi connectivity index (χ0) is 17.6. The molecule has 0 saturated carbocycles. The highest BCUT2D eigenvalue weighted by atomic mass is 16.5. The Morgan fingerprint density at radius 1 is 1.08 bits per heavy atom. The van der Waals surface area contributed by atoms with Crippen LogP contribution in [0.15, 0.2) is 42.6 Å². The molecular weight excluding hydrogens is 314 g/mol. The van der Waals surface area contributed by atoms with Gasteiger partial charge in [0.15, 0.2) is 0 Å². The molecule has 0 spiro atoms. The average molecular weight is 341 g/mol. The van der Waals surface area contributed by atoms with E-state index in [1.807, 2.05) is 24.4 Å². The molecule has 1 atom stereocenters. The molecule has 1 N–H and O–H groups in total. The van der Waals surface area contributed by atoms with Crippen molar-refractivity contribution >= 4 is 5.69 Å². The summed E-state index contributed by atoms with van der Waals surface area (Å²) in [4.78, 5) is 6.84. The minimum absolute atomic E-state index is 0.273. The monoisotopic (exact) mass is 341 g/mol. The Kier molecular flexibility index (Phi) is 5.76. The number of nitrogens with one attached hydrogen (secondary N) is 1. The number of ether oxygens (including phenoxy) is 2. The molecular formula is C20H27N3O2. The fourth-order valence-corrected chi connectivity index (χ4v) is 3.35. The van der Waals surface area contributed by atoms with Crippen LogP contribution in [0, 0.1) is 0 Å². The fraction of sp³-hybridized carbons (Fsp3) is 0.450. The Balaban J connectivity index is 1.58. The number of hydrogen-bond donors (Lipinski definition) is 1. The Morgan fingerprint density at radius 3 is 2.32 bits per heavy atom. The molecule has 1 fully saturated rings. The van der Waals surface area contributed by atoms with Crippen LogP contribution in [0.1, 0.15) is 31.5 Å². The number of nitrogens with zero attached hydrogens (tertiary/aromatic N) is 2. The maximum atomic E-state index is 5.38. The molecule has 134 valence electrons. The van der Waals surface area contributed by atoms with Crippen LogP contribution < -0.4 is 19.7 Å². The second-order valence-corrected chi connectivity index (χ2v) is 6.48. The molecule has 0 amide bonds. The summed E-state index contributed by atoms with van der Waals surface area (Å²) in [5, 5.41) is 3.71. The molecule has 2 heterocycles. The third-order valence-corrected chi connectivity index (χ3v) is 4.81. The van der Waals surface area contributed by atoms with Crippen molar-refractivity contribution < 1.29 is 9.47 Å². The molecule has 0 radical (unpaired) electrons. The zero-order valence-electron chi connectivity index (χ0n) is 15.2. The highest BCUT2D eigenvalue weighted by Crippen LogP contribution is 2.30. The van der Waals surface area contributed by atoms with Crippen molar-refractivity contribution in [2.24, 2.45) is 0 Å². The number of benzene rings is 1. The summed E-state index contributed by atoms with van der Waals surface area (Å²) in [5.74, 6) is 1.66. The van der Waals surface area contributed by atoms with Crippen LogP contribution in [-0.2, 0) is 0 Å². The van der Waals surface area contributed by atoms with E-state index in [2.05, 4.69) is 40.3 Å². The van der Waals surface area contributed by atoms with E-state index in [1.54, 1.807) is 14.2 Å². The quantitative estimate of drug-likeness (QED) is 0.872. The van der Waals surface area contributed by atoms with E-state index in [1.165, 1.54) is 0 Å². The van der Waals surface area contributed by atoms with Crippen molar-refractivity contribution in [1.29, 1.82) is 0 Å². The molecule has 1 aliphatic heterocycles. The second-order valence-electron chi connectivity index (χ2n) is 6.48. The zero-order valence-corrected chi connectivity index (χ0v) is 15.2. The topological polar surface area (TPSA) is 46.6 Å². The summed E-state index contributed by atoms with van der Waals surface area (Å²) in [6.07, 6.45) is 4.07. The molecule has 1 saturated heterocycles. The van der Waals surface area contributed by atoms with Crippen LogP contribution >= 0.6 is 0 Å². The lowest BCUT2D eigenvalue weighted by Gasteiger charge is -2.35. The molecule has 2 aromatic rings. The number of methoxy groups -OCH3 is 2. The lowest BCUT2D eigenvalue weighted by Crippen LogP contribution is -2.43. The Hall–Kier alpha value is -2.27. The first kappa shape index (κ1) is 17.5. The van der Waals surface area contributed by atoms with Gasteiger partial charge in [-0.1, -0.05) is 6.07 Å². The third-order valence-electron chi connectivity index (χ3n) is 4.81. The smallest absolute Gasteiger partial charge is 0.124 e. The van der Waals surface area contributed by atoms with E-state index in [4.69, 9.17) is 9.47 Å². The van der Waals surface area contributed by atoms with Crippen molar-refractivity contribution in [3.05, 3.63) is 48.3 Å². The van der Waals surface area contributed by atoms with E-state index in [0.29, 0.717) is 6.04 Å². The van der Waals surface area contributed by atoms with E-state index in [0.717, 1.165) is 48.8 Å². The van der Waals surface area contributed by atoms with Gasteiger partial charge in [-0.3, -0.25) is 4.98 Å². The molecule has 0 bridgehead atoms. The second kappa shape index (κ2) is 8.21. The minimum atomic E-state index is 0.273. The Morgan fingerprint density at radius 2 is 1.76 bits per heavy atom. The van der Waals surface area contributed by atoms with Crippen LogP contribution in [0.25, 0.3) is 0 Å². The van der Waals surface area contributed by atoms with Gasteiger partial charge in [0.2, 0.25) is 0 Å². The van der Waals surface area contributed by atoms with Gasteiger partial charge < -0.3 is 19.7 Å². The van der Waals surface area contributed by atoms with Gasteiger partial charge in [-0.05, 0) is 31.9 Å². The number of rotatable bonds is 6. The molecule has 1 aliphatic rings. The van der Waals surface area contributed by atoms with Crippen LogP contribution in [-0.4, -0.2) is 38.3 Å². The molecule has 1 unspecified atom stereocenters. The van der Waals surface area contributed by atoms with Crippen LogP contribution in [0.5, 0.6) is 11.5 Å². The number of piperidine rings is 1. The summed E-state index contributed by atoms with van der Waals surface area (Å²) in [7, 11) is 3.38. The highest BCUT2D eigenvalue weighted by Gasteiger charge is 2.22. The van der Waals surface area contributed by atoms with Gasteiger partial charge in [-0.25, -0.2) is 0 Å². The maximum absolute atomic E-state index is 5.38. The lowest BCUT2D eigenvalue weighted by atomic mass is 10.0. The summed E-state index contributed by atoms with van der Waals surface area (Å²) in [6, 6.07) is 12.9. The number of anilines is 1. The van der Waals surface area contributed by atoms with Crippen molar-refractivity contribution in [2.45, 2.75) is 31.8 Å². The van der Waals surface area contributed by atoms with Crippen molar-refractivity contribution in [3.63, 3.8) is 0 Å². The van der Waals surface area contributed by atoms with Crippen LogP contribution in [0.2, 0.25) is 0 Å². The first-order chi connectivity index (χ1) is 12.2. The Bertz CT molecular complexity index is 648. The molecule has 5 nitrogen and oxygen atoms in total. The molecule has 1 aromatic heterocycles. The molecule has 25 heavy (non-hydrogen) atoms. The van der Waals surface area contributed by atoms with Gasteiger partial charge in [-0.2, -0.15) is 0 Å². The average Bonchev–Trinajstić information content (AvgIpc) is 2.68. The fourth-order valence-electron chi connectivity index (χ4n) is 3.35. The van der Waals surface area contributed by atoms with Crippen LogP contribution in [0.4, 0.5) is 5.69 Å². The predicted octanol–water partition coefficient (Wildman–Crippen LogP) is 3.42. The van der Waals surface area contributed by atoms with E-state index in [9.17, 15) is 0 Å². The molecule has 0 aliphatic carbocycles. The number of hydrogen-bond acceptors (Lipinski definition) is 5.